The molecule has 2 unspecified atom stereocenters. The number of hydrogen-bond acceptors (Lipinski definition) is 3. The van der Waals surface area contributed by atoms with Crippen LogP contribution in [0.5, 0.6) is 0 Å². The third kappa shape index (κ3) is 5.12. The average Bonchev–Trinajstić information content (AvgIpc) is 2.27. The van der Waals surface area contributed by atoms with Gasteiger partial charge in [0.1, 0.15) is 5.54 Å². The molecule has 110 valence electrons. The normalized spacial score (nSPS) is 24.7. The molecule has 0 saturated carbocycles. The fourth-order valence-electron chi connectivity index (χ4n) is 3.06. The molecule has 0 spiro atoms. The van der Waals surface area contributed by atoms with Gasteiger partial charge in [0.25, 0.3) is 0 Å². The topological polar surface area (TPSA) is 39.1 Å². The number of piperidine rings is 1. The Morgan fingerprint density at radius 2 is 1.79 bits per heavy atom. The van der Waals surface area contributed by atoms with Crippen LogP contribution in [0, 0.1) is 16.7 Å². The maximum atomic E-state index is 9.43. The van der Waals surface area contributed by atoms with Gasteiger partial charge in [0, 0.05) is 12.1 Å². The maximum absolute atomic E-state index is 9.43. The number of rotatable bonds is 5. The summed E-state index contributed by atoms with van der Waals surface area (Å²) < 4.78 is 0. The lowest BCUT2D eigenvalue weighted by molar-refractivity contribution is 0.0876. The molecule has 0 amide bonds. The molecule has 3 heteroatoms. The van der Waals surface area contributed by atoms with Crippen LogP contribution in [0.2, 0.25) is 0 Å². The minimum absolute atomic E-state index is 0.345. The van der Waals surface area contributed by atoms with E-state index in [2.05, 4.69) is 50.9 Å². The maximum Gasteiger partial charge on any atom is 0.105 e. The molecule has 1 aliphatic heterocycles. The second-order valence-electron chi connectivity index (χ2n) is 7.50. The molecule has 3 nitrogen and oxygen atoms in total. The first kappa shape index (κ1) is 16.5. The lowest BCUT2D eigenvalue weighted by Gasteiger charge is -2.41. The van der Waals surface area contributed by atoms with Gasteiger partial charge in [0.15, 0.2) is 0 Å². The monoisotopic (exact) mass is 265 g/mol. The van der Waals surface area contributed by atoms with Gasteiger partial charge in [-0.05, 0) is 65.5 Å². The molecule has 0 aromatic rings. The fraction of sp³-hybridized carbons (Fsp3) is 0.938. The second kappa shape index (κ2) is 6.24. The molecule has 1 N–H and O–H groups in total. The van der Waals surface area contributed by atoms with Gasteiger partial charge in [-0.25, -0.2) is 0 Å². The summed E-state index contributed by atoms with van der Waals surface area (Å²) in [5.74, 6) is 0. The predicted molar refractivity (Wildman–Crippen MR) is 81.0 cm³/mol. The average molecular weight is 265 g/mol. The van der Waals surface area contributed by atoms with Gasteiger partial charge >= 0.3 is 0 Å². The molecule has 0 aromatic heterocycles. The van der Waals surface area contributed by atoms with Crippen molar-refractivity contribution in [2.45, 2.75) is 78.4 Å². The Hall–Kier alpha value is -0.590. The van der Waals surface area contributed by atoms with Gasteiger partial charge in [-0.1, -0.05) is 13.8 Å². The Bertz CT molecular complexity index is 319. The van der Waals surface area contributed by atoms with E-state index in [9.17, 15) is 5.26 Å². The Morgan fingerprint density at radius 1 is 1.26 bits per heavy atom. The molecule has 0 aliphatic carbocycles. The Labute approximate surface area is 119 Å². The molecule has 0 aromatic carbocycles. The van der Waals surface area contributed by atoms with E-state index in [1.54, 1.807) is 0 Å². The van der Waals surface area contributed by atoms with Crippen molar-refractivity contribution in [1.82, 2.24) is 10.2 Å². The summed E-state index contributed by atoms with van der Waals surface area (Å²) in [5, 5.41) is 12.8. The van der Waals surface area contributed by atoms with Gasteiger partial charge in [0.2, 0.25) is 0 Å². The molecule has 1 aliphatic rings. The van der Waals surface area contributed by atoms with Gasteiger partial charge in [-0.15, -0.1) is 0 Å². The van der Waals surface area contributed by atoms with Crippen LogP contribution in [0.15, 0.2) is 0 Å². The van der Waals surface area contributed by atoms with Gasteiger partial charge < -0.3 is 4.90 Å². The van der Waals surface area contributed by atoms with Crippen molar-refractivity contribution in [2.75, 3.05) is 13.1 Å². The quantitative estimate of drug-likeness (QED) is 0.830. The Morgan fingerprint density at radius 3 is 2.21 bits per heavy atom. The highest BCUT2D eigenvalue weighted by molar-refractivity contribution is 5.06. The van der Waals surface area contributed by atoms with Crippen LogP contribution in [0.3, 0.4) is 0 Å². The molecular formula is C16H31N3. The smallest absolute Gasteiger partial charge is 0.105 e. The zero-order chi connectivity index (χ0) is 14.7. The molecule has 0 radical (unpaired) electrons. The van der Waals surface area contributed by atoms with Crippen molar-refractivity contribution in [3.8, 4) is 6.07 Å². The van der Waals surface area contributed by atoms with Crippen molar-refractivity contribution >= 4 is 0 Å². The van der Waals surface area contributed by atoms with Crippen LogP contribution >= 0.6 is 0 Å². The van der Waals surface area contributed by atoms with Crippen molar-refractivity contribution < 1.29 is 0 Å². The standard InChI is InChI=1S/C16H31N3/c1-13(2)18-16(6,12-17)11-14(3)19-9-7-15(4,5)8-10-19/h13-14,18H,7-11H2,1-6H3. The van der Waals surface area contributed by atoms with E-state index < -0.39 is 5.54 Å². The van der Waals surface area contributed by atoms with E-state index in [1.165, 1.54) is 12.8 Å². The number of nitrogens with zero attached hydrogens (tertiary/aromatic N) is 2. The third-order valence-corrected chi connectivity index (χ3v) is 4.33. The Balaban J connectivity index is 2.55. The lowest BCUT2D eigenvalue weighted by Crippen LogP contribution is -2.51. The molecule has 0 bridgehead atoms. The van der Waals surface area contributed by atoms with Crippen LogP contribution in [0.4, 0.5) is 0 Å². The Kier molecular flexibility index (Phi) is 5.41. The number of nitriles is 1. The molecular weight excluding hydrogens is 234 g/mol. The van der Waals surface area contributed by atoms with Gasteiger partial charge in [-0.2, -0.15) is 5.26 Å². The second-order valence-corrected chi connectivity index (χ2v) is 7.50. The van der Waals surface area contributed by atoms with E-state index in [0.29, 0.717) is 17.5 Å². The molecule has 1 saturated heterocycles. The summed E-state index contributed by atoms with van der Waals surface area (Å²) in [6, 6.07) is 3.27. The zero-order valence-electron chi connectivity index (χ0n) is 13.6. The lowest BCUT2D eigenvalue weighted by atomic mass is 9.81. The molecule has 2 atom stereocenters. The number of hydrogen-bond donors (Lipinski definition) is 1. The van der Waals surface area contributed by atoms with Crippen LogP contribution in [-0.4, -0.2) is 35.6 Å². The highest BCUT2D eigenvalue weighted by atomic mass is 15.2. The molecule has 19 heavy (non-hydrogen) atoms. The van der Waals surface area contributed by atoms with Crippen LogP contribution < -0.4 is 5.32 Å². The first-order valence-electron chi connectivity index (χ1n) is 7.60. The number of nitrogens with one attached hydrogen (secondary N) is 1. The summed E-state index contributed by atoms with van der Waals surface area (Å²) in [5.41, 5.74) is 0.0749. The zero-order valence-corrected chi connectivity index (χ0v) is 13.6. The van der Waals surface area contributed by atoms with E-state index in [-0.39, 0.29) is 0 Å². The van der Waals surface area contributed by atoms with Crippen LogP contribution in [-0.2, 0) is 0 Å². The van der Waals surface area contributed by atoms with Crippen LogP contribution in [0.25, 0.3) is 0 Å². The summed E-state index contributed by atoms with van der Waals surface area (Å²) in [7, 11) is 0. The molecule has 1 rings (SSSR count). The van der Waals surface area contributed by atoms with Crippen molar-refractivity contribution in [2.24, 2.45) is 5.41 Å². The SMILES string of the molecule is CC(C)NC(C)(C#N)CC(C)N1CCC(C)(C)CC1. The minimum atomic E-state index is -0.416. The fourth-order valence-corrected chi connectivity index (χ4v) is 3.06. The minimum Gasteiger partial charge on any atom is -0.301 e. The summed E-state index contributed by atoms with van der Waals surface area (Å²) >= 11 is 0. The van der Waals surface area contributed by atoms with Gasteiger partial charge in [0.05, 0.1) is 6.07 Å². The highest BCUT2D eigenvalue weighted by Gasteiger charge is 2.32. The number of likely N-dealkylation sites (tertiary alicyclic amines) is 1. The first-order valence-corrected chi connectivity index (χ1v) is 7.60. The molecule has 1 heterocycles. The van der Waals surface area contributed by atoms with Crippen LogP contribution in [0.1, 0.15) is 60.8 Å². The first-order chi connectivity index (χ1) is 8.67. The summed E-state index contributed by atoms with van der Waals surface area (Å²) in [6.07, 6.45) is 3.42. The van der Waals surface area contributed by atoms with Crippen molar-refractivity contribution in [3.05, 3.63) is 0 Å². The van der Waals surface area contributed by atoms with Crippen molar-refractivity contribution in [1.29, 1.82) is 5.26 Å². The van der Waals surface area contributed by atoms with Crippen molar-refractivity contribution in [3.63, 3.8) is 0 Å². The van der Waals surface area contributed by atoms with E-state index >= 15 is 0 Å². The molecule has 1 fully saturated rings. The van der Waals surface area contributed by atoms with E-state index in [0.717, 1.165) is 19.5 Å². The van der Waals surface area contributed by atoms with E-state index in [4.69, 9.17) is 0 Å². The van der Waals surface area contributed by atoms with E-state index in [1.807, 2.05) is 6.92 Å². The largest absolute Gasteiger partial charge is 0.301 e. The van der Waals surface area contributed by atoms with Gasteiger partial charge in [-0.3, -0.25) is 5.32 Å². The summed E-state index contributed by atoms with van der Waals surface area (Å²) in [4.78, 5) is 2.54. The third-order valence-electron chi connectivity index (χ3n) is 4.33. The highest BCUT2D eigenvalue weighted by Crippen LogP contribution is 2.31. The predicted octanol–water partition coefficient (Wildman–Crippen LogP) is 3.17. The summed E-state index contributed by atoms with van der Waals surface area (Å²) in [6.45, 7) is 15.5.